The molecule has 2 aliphatic carbocycles. The lowest BCUT2D eigenvalue weighted by Gasteiger charge is -2.38. The molecule has 2 aliphatic rings. The molecule has 138 valence electrons. The van der Waals surface area contributed by atoms with Gasteiger partial charge in [-0.25, -0.2) is 0 Å². The number of benzene rings is 1. The second kappa shape index (κ2) is 7.34. The van der Waals surface area contributed by atoms with Gasteiger partial charge in [0.15, 0.2) is 0 Å². The molecule has 0 aromatic heterocycles. The summed E-state index contributed by atoms with van der Waals surface area (Å²) in [6.45, 7) is 8.73. The maximum absolute atomic E-state index is 12.7. The fourth-order valence-corrected chi connectivity index (χ4v) is 5.12. The molecule has 1 spiro atoms. The summed E-state index contributed by atoms with van der Waals surface area (Å²) in [6.07, 6.45) is 5.15. The number of hydrogen-bond donors (Lipinski definition) is 0. The highest BCUT2D eigenvalue weighted by Gasteiger charge is 2.47. The van der Waals surface area contributed by atoms with Crippen LogP contribution in [0.4, 0.5) is 0 Å². The molecule has 25 heavy (non-hydrogen) atoms. The highest BCUT2D eigenvalue weighted by atomic mass is 79.9. The van der Waals surface area contributed by atoms with Gasteiger partial charge in [-0.3, -0.25) is 0 Å². The van der Waals surface area contributed by atoms with Gasteiger partial charge in [-0.05, 0) is 76.6 Å². The first-order chi connectivity index (χ1) is 11.7. The van der Waals surface area contributed by atoms with Gasteiger partial charge >= 0.3 is 0 Å². The molecule has 0 unspecified atom stereocenters. The Hall–Kier alpha value is -0.360. The average molecular weight is 426 g/mol. The molecule has 0 aliphatic heterocycles. The molecular formula is C20H28BrNO2S. The second-order valence-corrected chi connectivity index (χ2v) is 11.1. The van der Waals surface area contributed by atoms with E-state index in [0.29, 0.717) is 0 Å². The van der Waals surface area contributed by atoms with Crippen LogP contribution < -0.4 is 0 Å². The molecule has 0 N–H and O–H groups in total. The molecule has 1 aromatic rings. The van der Waals surface area contributed by atoms with Crippen molar-refractivity contribution in [2.75, 3.05) is 6.61 Å². The number of hydrogen-bond acceptors (Lipinski definition) is 3. The SMILES string of the molecule is CCO[C@@H]1CC[C@]2(Cc3ccc(Br)cc3C2)/C(=N/[S@+]([O-])C(C)(C)C)C1. The first kappa shape index (κ1) is 19.4. The lowest BCUT2D eigenvalue weighted by Crippen LogP contribution is -2.42. The predicted octanol–water partition coefficient (Wildman–Crippen LogP) is 5.03. The Morgan fingerprint density at radius 3 is 2.72 bits per heavy atom. The third-order valence-electron chi connectivity index (χ3n) is 5.32. The van der Waals surface area contributed by atoms with Crippen LogP contribution >= 0.6 is 15.9 Å². The summed E-state index contributed by atoms with van der Waals surface area (Å²) in [5.41, 5.74) is 3.95. The summed E-state index contributed by atoms with van der Waals surface area (Å²) in [5.74, 6) is 0. The molecule has 3 atom stereocenters. The predicted molar refractivity (Wildman–Crippen MR) is 109 cm³/mol. The summed E-state index contributed by atoms with van der Waals surface area (Å²) >= 11 is 2.37. The van der Waals surface area contributed by atoms with Crippen molar-refractivity contribution in [1.82, 2.24) is 0 Å². The zero-order valence-corrected chi connectivity index (χ0v) is 18.0. The van der Waals surface area contributed by atoms with Crippen molar-refractivity contribution < 1.29 is 9.29 Å². The van der Waals surface area contributed by atoms with Crippen LogP contribution in [-0.4, -0.2) is 27.7 Å². The third-order valence-corrected chi connectivity index (χ3v) is 7.25. The smallest absolute Gasteiger partial charge is 0.144 e. The van der Waals surface area contributed by atoms with Gasteiger partial charge in [0.05, 0.1) is 11.8 Å². The summed E-state index contributed by atoms with van der Waals surface area (Å²) in [7, 11) is 0. The fraction of sp³-hybridized carbons (Fsp3) is 0.650. The molecule has 1 aromatic carbocycles. The van der Waals surface area contributed by atoms with Crippen LogP contribution in [-0.2, 0) is 28.9 Å². The van der Waals surface area contributed by atoms with Crippen LogP contribution in [0.3, 0.4) is 0 Å². The second-order valence-electron chi connectivity index (χ2n) is 8.27. The van der Waals surface area contributed by atoms with Gasteiger partial charge in [-0.1, -0.05) is 26.4 Å². The van der Waals surface area contributed by atoms with E-state index in [9.17, 15) is 4.55 Å². The van der Waals surface area contributed by atoms with Crippen LogP contribution in [0.2, 0.25) is 0 Å². The maximum Gasteiger partial charge on any atom is 0.144 e. The molecule has 0 radical (unpaired) electrons. The first-order valence-corrected chi connectivity index (χ1v) is 11.0. The lowest BCUT2D eigenvalue weighted by molar-refractivity contribution is 0.0439. The minimum Gasteiger partial charge on any atom is -0.591 e. The lowest BCUT2D eigenvalue weighted by atomic mass is 9.69. The van der Waals surface area contributed by atoms with Crippen LogP contribution in [0, 0.1) is 5.41 Å². The van der Waals surface area contributed by atoms with E-state index in [0.717, 1.165) is 48.9 Å². The van der Waals surface area contributed by atoms with E-state index in [-0.39, 0.29) is 16.3 Å². The third kappa shape index (κ3) is 4.15. The highest BCUT2D eigenvalue weighted by molar-refractivity contribution is 9.10. The first-order valence-electron chi connectivity index (χ1n) is 9.12. The normalized spacial score (nSPS) is 29.2. The molecule has 3 rings (SSSR count). The van der Waals surface area contributed by atoms with E-state index < -0.39 is 11.4 Å². The Labute approximate surface area is 163 Å². The molecule has 0 saturated heterocycles. The van der Waals surface area contributed by atoms with Crippen molar-refractivity contribution in [1.29, 1.82) is 0 Å². The summed E-state index contributed by atoms with van der Waals surface area (Å²) in [6, 6.07) is 6.58. The number of fused-ring (bicyclic) bond motifs is 1. The number of nitrogens with zero attached hydrogens (tertiary/aromatic N) is 1. The molecule has 0 bridgehead atoms. The highest BCUT2D eigenvalue weighted by Crippen LogP contribution is 2.47. The summed E-state index contributed by atoms with van der Waals surface area (Å²) in [5, 5.41) is 0. The van der Waals surface area contributed by atoms with Gasteiger partial charge < -0.3 is 9.29 Å². The van der Waals surface area contributed by atoms with Gasteiger partial charge in [0, 0.05) is 22.9 Å². The minimum absolute atomic E-state index is 0.0254. The zero-order valence-electron chi connectivity index (χ0n) is 15.6. The minimum atomic E-state index is -1.22. The standard InChI is InChI=1S/C20H28BrNO2S/c1-5-24-17-8-9-20(18(11-17)22-25(23)19(2,3)4)12-14-6-7-16(21)10-15(14)13-20/h6-7,10,17H,5,8-9,11-13H2,1-4H3/b22-18+/t17-,20-,25-/m1/s1. The van der Waals surface area contributed by atoms with E-state index in [1.54, 1.807) is 0 Å². The van der Waals surface area contributed by atoms with Crippen molar-refractivity contribution in [3.05, 3.63) is 33.8 Å². The van der Waals surface area contributed by atoms with Crippen molar-refractivity contribution in [2.45, 2.75) is 70.7 Å². The maximum atomic E-state index is 12.7. The average Bonchev–Trinajstić information content (AvgIpc) is 2.88. The Balaban J connectivity index is 1.93. The Kier molecular flexibility index (Phi) is 5.69. The Morgan fingerprint density at radius 2 is 2.04 bits per heavy atom. The number of ether oxygens (including phenoxy) is 1. The van der Waals surface area contributed by atoms with E-state index in [4.69, 9.17) is 9.13 Å². The van der Waals surface area contributed by atoms with Crippen molar-refractivity contribution in [3.63, 3.8) is 0 Å². The van der Waals surface area contributed by atoms with E-state index >= 15 is 0 Å². The van der Waals surface area contributed by atoms with Gasteiger partial charge in [0.2, 0.25) is 0 Å². The van der Waals surface area contributed by atoms with Gasteiger partial charge in [0.25, 0.3) is 0 Å². The molecule has 5 heteroatoms. The molecule has 3 nitrogen and oxygen atoms in total. The Morgan fingerprint density at radius 1 is 1.32 bits per heavy atom. The van der Waals surface area contributed by atoms with E-state index in [1.165, 1.54) is 11.1 Å². The van der Waals surface area contributed by atoms with Gasteiger partial charge in [-0.15, -0.1) is 0 Å². The van der Waals surface area contributed by atoms with Crippen LogP contribution in [0.5, 0.6) is 0 Å². The summed E-state index contributed by atoms with van der Waals surface area (Å²) < 4.78 is 24.2. The summed E-state index contributed by atoms with van der Waals surface area (Å²) in [4.78, 5) is 0. The zero-order chi connectivity index (χ0) is 18.2. The van der Waals surface area contributed by atoms with Gasteiger partial charge in [0.1, 0.15) is 16.1 Å². The van der Waals surface area contributed by atoms with Crippen LogP contribution in [0.25, 0.3) is 0 Å². The largest absolute Gasteiger partial charge is 0.591 e. The fourth-order valence-electron chi connectivity index (χ4n) is 3.97. The Bertz CT molecular complexity index is 670. The van der Waals surface area contributed by atoms with Crippen LogP contribution in [0.1, 0.15) is 58.1 Å². The monoisotopic (exact) mass is 425 g/mol. The quantitative estimate of drug-likeness (QED) is 0.637. The van der Waals surface area contributed by atoms with Gasteiger partial charge in [-0.2, -0.15) is 0 Å². The molecule has 1 saturated carbocycles. The molecular weight excluding hydrogens is 398 g/mol. The van der Waals surface area contributed by atoms with E-state index in [2.05, 4.69) is 34.1 Å². The van der Waals surface area contributed by atoms with Crippen molar-refractivity contribution in [2.24, 2.45) is 9.81 Å². The molecule has 0 heterocycles. The molecule has 0 amide bonds. The topological polar surface area (TPSA) is 44.6 Å². The van der Waals surface area contributed by atoms with Crippen molar-refractivity contribution in [3.8, 4) is 0 Å². The molecule has 1 fully saturated rings. The number of rotatable bonds is 3. The number of halogens is 1. The van der Waals surface area contributed by atoms with E-state index in [1.807, 2.05) is 27.7 Å². The van der Waals surface area contributed by atoms with Crippen molar-refractivity contribution >= 4 is 33.0 Å². The van der Waals surface area contributed by atoms with Crippen LogP contribution in [0.15, 0.2) is 27.1 Å².